The van der Waals surface area contributed by atoms with Crippen molar-refractivity contribution >= 4 is 16.2 Å². The number of nitrogens with zero attached hydrogens (tertiary/aromatic N) is 1. The predicted octanol–water partition coefficient (Wildman–Crippen LogP) is 0.0408. The first kappa shape index (κ1) is 16.4. The Bertz CT molecular complexity index is 401. The summed E-state index contributed by atoms with van der Waals surface area (Å²) in [6, 6.07) is 0. The molecule has 0 spiro atoms. The molecule has 1 aliphatic heterocycles. The first-order chi connectivity index (χ1) is 8.72. The quantitative estimate of drug-likeness (QED) is 0.721. The molecule has 1 fully saturated rings. The van der Waals surface area contributed by atoms with Crippen LogP contribution < -0.4 is 4.72 Å². The molecule has 1 rings (SSSR count). The van der Waals surface area contributed by atoms with Gasteiger partial charge in [-0.25, -0.2) is 4.72 Å². The zero-order chi connectivity index (χ0) is 14.6. The fraction of sp³-hybridized carbons (Fsp3) is 0.909. The van der Waals surface area contributed by atoms with Gasteiger partial charge in [0.2, 0.25) is 0 Å². The van der Waals surface area contributed by atoms with Crippen LogP contribution >= 0.6 is 0 Å². The van der Waals surface area contributed by atoms with Gasteiger partial charge >= 0.3 is 5.97 Å². The number of carboxylic acids is 1. The van der Waals surface area contributed by atoms with Crippen LogP contribution in [0.3, 0.4) is 0 Å². The van der Waals surface area contributed by atoms with Crippen LogP contribution in [-0.2, 0) is 19.7 Å². The van der Waals surface area contributed by atoms with E-state index < -0.39 is 22.1 Å². The van der Waals surface area contributed by atoms with Crippen LogP contribution in [0.15, 0.2) is 0 Å². The van der Waals surface area contributed by atoms with Crippen LogP contribution in [0.4, 0.5) is 0 Å². The van der Waals surface area contributed by atoms with Gasteiger partial charge in [-0.2, -0.15) is 12.7 Å². The average molecular weight is 294 g/mol. The van der Waals surface area contributed by atoms with E-state index in [0.29, 0.717) is 13.1 Å². The molecule has 1 saturated heterocycles. The molecular formula is C11H22N2O5S. The van der Waals surface area contributed by atoms with Gasteiger partial charge < -0.3 is 9.84 Å². The monoisotopic (exact) mass is 294 g/mol. The summed E-state index contributed by atoms with van der Waals surface area (Å²) >= 11 is 0. The summed E-state index contributed by atoms with van der Waals surface area (Å²) in [5.74, 6) is -1.49. The molecule has 0 aromatic rings. The van der Waals surface area contributed by atoms with E-state index in [9.17, 15) is 13.2 Å². The molecule has 0 aliphatic carbocycles. The zero-order valence-electron chi connectivity index (χ0n) is 11.5. The van der Waals surface area contributed by atoms with Gasteiger partial charge in [-0.15, -0.1) is 0 Å². The maximum atomic E-state index is 12.0. The number of morpholine rings is 1. The smallest absolute Gasteiger partial charge is 0.306 e. The summed E-state index contributed by atoms with van der Waals surface area (Å²) in [5, 5.41) is 8.73. The lowest BCUT2D eigenvalue weighted by Crippen LogP contribution is -2.52. The molecule has 0 radical (unpaired) electrons. The minimum absolute atomic E-state index is 0.121. The molecule has 1 heterocycles. The van der Waals surface area contributed by atoms with E-state index in [1.54, 1.807) is 6.92 Å². The Morgan fingerprint density at radius 1 is 1.42 bits per heavy atom. The maximum Gasteiger partial charge on any atom is 0.306 e. The molecule has 8 heteroatoms. The summed E-state index contributed by atoms with van der Waals surface area (Å²) in [5.41, 5.74) is 0. The molecule has 3 atom stereocenters. The van der Waals surface area contributed by atoms with Crippen molar-refractivity contribution in [1.82, 2.24) is 9.03 Å². The van der Waals surface area contributed by atoms with Crippen LogP contribution in [0.5, 0.6) is 0 Å². The molecule has 0 aromatic heterocycles. The molecule has 7 nitrogen and oxygen atoms in total. The van der Waals surface area contributed by atoms with Crippen molar-refractivity contribution in [2.24, 2.45) is 5.92 Å². The lowest BCUT2D eigenvalue weighted by molar-refractivity contribution is -0.141. The standard InChI is InChI=1S/C11H22N2O5S/c1-8(11(14)15)4-5-12-19(16,17)13-6-9(2)18-10(3)7-13/h8-10,12H,4-7H2,1-3H3,(H,14,15). The SMILES string of the molecule is CC1CN(S(=O)(=O)NCCC(C)C(=O)O)CC(C)O1. The third-order valence-electron chi connectivity index (χ3n) is 3.01. The Labute approximate surface area is 114 Å². The number of nitrogens with one attached hydrogen (secondary N) is 1. The third kappa shape index (κ3) is 5.06. The third-order valence-corrected chi connectivity index (χ3v) is 4.56. The number of aliphatic carboxylic acids is 1. The highest BCUT2D eigenvalue weighted by Crippen LogP contribution is 2.13. The highest BCUT2D eigenvalue weighted by molar-refractivity contribution is 7.87. The van der Waals surface area contributed by atoms with E-state index in [2.05, 4.69) is 4.72 Å². The molecule has 2 N–H and O–H groups in total. The lowest BCUT2D eigenvalue weighted by atomic mass is 10.1. The highest BCUT2D eigenvalue weighted by Gasteiger charge is 2.30. The second-order valence-corrected chi connectivity index (χ2v) is 6.76. The number of ether oxygens (including phenoxy) is 1. The first-order valence-electron chi connectivity index (χ1n) is 6.35. The summed E-state index contributed by atoms with van der Waals surface area (Å²) in [6.45, 7) is 5.95. The van der Waals surface area contributed by atoms with Crippen molar-refractivity contribution in [2.45, 2.75) is 39.4 Å². The second-order valence-electron chi connectivity index (χ2n) is 5.00. The van der Waals surface area contributed by atoms with Crippen molar-refractivity contribution in [2.75, 3.05) is 19.6 Å². The fourth-order valence-electron chi connectivity index (χ4n) is 1.95. The molecule has 1 aliphatic rings. The van der Waals surface area contributed by atoms with E-state index in [-0.39, 0.29) is 25.2 Å². The number of hydrogen-bond acceptors (Lipinski definition) is 4. The summed E-state index contributed by atoms with van der Waals surface area (Å²) in [7, 11) is -3.56. The second kappa shape index (κ2) is 6.65. The normalized spacial score (nSPS) is 27.1. The first-order valence-corrected chi connectivity index (χ1v) is 7.79. The van der Waals surface area contributed by atoms with Gasteiger partial charge in [0.05, 0.1) is 18.1 Å². The largest absolute Gasteiger partial charge is 0.481 e. The van der Waals surface area contributed by atoms with Gasteiger partial charge in [0.1, 0.15) is 0 Å². The Hall–Kier alpha value is -0.700. The molecule has 0 bridgehead atoms. The number of hydrogen-bond donors (Lipinski definition) is 2. The van der Waals surface area contributed by atoms with Crippen molar-refractivity contribution in [1.29, 1.82) is 0 Å². The number of rotatable bonds is 6. The van der Waals surface area contributed by atoms with E-state index in [1.165, 1.54) is 4.31 Å². The van der Waals surface area contributed by atoms with Crippen LogP contribution in [0.1, 0.15) is 27.2 Å². The minimum atomic E-state index is -3.56. The van der Waals surface area contributed by atoms with E-state index >= 15 is 0 Å². The molecule has 3 unspecified atom stereocenters. The van der Waals surface area contributed by atoms with Crippen LogP contribution in [-0.4, -0.2) is 55.6 Å². The van der Waals surface area contributed by atoms with Crippen LogP contribution in [0.2, 0.25) is 0 Å². The molecule has 112 valence electrons. The number of carbonyl (C=O) groups is 1. The molecule has 0 saturated carbocycles. The Morgan fingerprint density at radius 3 is 2.42 bits per heavy atom. The fourth-order valence-corrected chi connectivity index (χ4v) is 3.32. The minimum Gasteiger partial charge on any atom is -0.481 e. The van der Waals surface area contributed by atoms with Crippen LogP contribution in [0.25, 0.3) is 0 Å². The molecule has 19 heavy (non-hydrogen) atoms. The zero-order valence-corrected chi connectivity index (χ0v) is 12.3. The topological polar surface area (TPSA) is 95.9 Å². The summed E-state index contributed by atoms with van der Waals surface area (Å²) in [6.07, 6.45) is -0.0131. The average Bonchev–Trinajstić information content (AvgIpc) is 2.27. The van der Waals surface area contributed by atoms with Crippen molar-refractivity contribution in [3.63, 3.8) is 0 Å². The Kier molecular flexibility index (Phi) is 5.72. The van der Waals surface area contributed by atoms with E-state index in [1.807, 2.05) is 13.8 Å². The molecular weight excluding hydrogens is 272 g/mol. The van der Waals surface area contributed by atoms with Crippen molar-refractivity contribution in [3.8, 4) is 0 Å². The van der Waals surface area contributed by atoms with Gasteiger partial charge in [-0.1, -0.05) is 6.92 Å². The number of carboxylic acid groups (broad SMARTS) is 1. The van der Waals surface area contributed by atoms with Gasteiger partial charge in [-0.05, 0) is 20.3 Å². The van der Waals surface area contributed by atoms with Gasteiger partial charge in [0.25, 0.3) is 10.2 Å². The van der Waals surface area contributed by atoms with E-state index in [0.717, 1.165) is 0 Å². The summed E-state index contributed by atoms with van der Waals surface area (Å²) in [4.78, 5) is 10.6. The Morgan fingerprint density at radius 2 is 1.95 bits per heavy atom. The van der Waals surface area contributed by atoms with E-state index in [4.69, 9.17) is 9.84 Å². The maximum absolute atomic E-state index is 12.0. The summed E-state index contributed by atoms with van der Waals surface area (Å²) < 4.78 is 33.3. The van der Waals surface area contributed by atoms with Crippen LogP contribution in [0, 0.1) is 5.92 Å². The Balaban J connectivity index is 2.49. The van der Waals surface area contributed by atoms with Gasteiger partial charge in [0.15, 0.2) is 0 Å². The van der Waals surface area contributed by atoms with Crippen molar-refractivity contribution in [3.05, 3.63) is 0 Å². The molecule has 0 amide bonds. The van der Waals surface area contributed by atoms with Gasteiger partial charge in [0, 0.05) is 19.6 Å². The predicted molar refractivity (Wildman–Crippen MR) is 69.9 cm³/mol. The molecule has 0 aromatic carbocycles. The highest BCUT2D eigenvalue weighted by atomic mass is 32.2. The van der Waals surface area contributed by atoms with Gasteiger partial charge in [-0.3, -0.25) is 4.79 Å². The van der Waals surface area contributed by atoms with Crippen molar-refractivity contribution < 1.29 is 23.1 Å². The lowest BCUT2D eigenvalue weighted by Gasteiger charge is -2.34.